The molecule has 2 aromatic rings. The van der Waals surface area contributed by atoms with E-state index < -0.39 is 0 Å². The zero-order chi connectivity index (χ0) is 13.6. The lowest BCUT2D eigenvalue weighted by molar-refractivity contribution is -0.117. The van der Waals surface area contributed by atoms with Crippen molar-refractivity contribution in [2.75, 3.05) is 11.9 Å². The molecule has 2 heterocycles. The molecule has 1 unspecified atom stereocenters. The van der Waals surface area contributed by atoms with Crippen molar-refractivity contribution in [2.24, 2.45) is 0 Å². The van der Waals surface area contributed by atoms with E-state index in [0.717, 1.165) is 28.1 Å². The van der Waals surface area contributed by atoms with Gasteiger partial charge in [-0.25, -0.2) is 0 Å². The SMILES string of the molecule is Cc1occc1C(Cl)c1ccc2c(c1)CC(=O)N2C. The molecule has 0 saturated heterocycles. The van der Waals surface area contributed by atoms with Gasteiger partial charge in [-0.2, -0.15) is 0 Å². The fourth-order valence-electron chi connectivity index (χ4n) is 2.49. The van der Waals surface area contributed by atoms with E-state index in [1.54, 1.807) is 18.2 Å². The Morgan fingerprint density at radius 1 is 1.37 bits per heavy atom. The van der Waals surface area contributed by atoms with Crippen LogP contribution in [0, 0.1) is 6.92 Å². The summed E-state index contributed by atoms with van der Waals surface area (Å²) in [4.78, 5) is 13.4. The smallest absolute Gasteiger partial charge is 0.231 e. The molecule has 0 bridgehead atoms. The molecule has 1 aliphatic rings. The zero-order valence-corrected chi connectivity index (χ0v) is 11.6. The number of hydrogen-bond donors (Lipinski definition) is 0. The second-order valence-electron chi connectivity index (χ2n) is 4.81. The number of fused-ring (bicyclic) bond motifs is 1. The number of rotatable bonds is 2. The van der Waals surface area contributed by atoms with Crippen molar-refractivity contribution in [2.45, 2.75) is 18.7 Å². The van der Waals surface area contributed by atoms with Crippen molar-refractivity contribution in [3.63, 3.8) is 0 Å². The van der Waals surface area contributed by atoms with E-state index in [1.807, 2.05) is 31.2 Å². The van der Waals surface area contributed by atoms with Gasteiger partial charge < -0.3 is 9.32 Å². The third kappa shape index (κ3) is 1.94. The van der Waals surface area contributed by atoms with Crippen LogP contribution in [0.15, 0.2) is 34.9 Å². The molecule has 0 saturated carbocycles. The van der Waals surface area contributed by atoms with Crippen molar-refractivity contribution in [1.82, 2.24) is 0 Å². The molecule has 0 N–H and O–H groups in total. The first-order valence-corrected chi connectivity index (χ1v) is 6.59. The van der Waals surface area contributed by atoms with Gasteiger partial charge in [-0.15, -0.1) is 11.6 Å². The number of amides is 1. The number of halogens is 1. The van der Waals surface area contributed by atoms with Crippen molar-refractivity contribution >= 4 is 23.2 Å². The van der Waals surface area contributed by atoms with Gasteiger partial charge >= 0.3 is 0 Å². The Morgan fingerprint density at radius 2 is 2.16 bits per heavy atom. The summed E-state index contributed by atoms with van der Waals surface area (Å²) in [6, 6.07) is 7.83. The molecule has 1 aromatic heterocycles. The Labute approximate surface area is 116 Å². The van der Waals surface area contributed by atoms with Crippen molar-refractivity contribution in [1.29, 1.82) is 0 Å². The van der Waals surface area contributed by atoms with Gasteiger partial charge in [0.15, 0.2) is 0 Å². The number of aryl methyl sites for hydroxylation is 1. The number of carbonyl (C=O) groups excluding carboxylic acids is 1. The molecule has 19 heavy (non-hydrogen) atoms. The number of anilines is 1. The molecule has 0 spiro atoms. The number of benzene rings is 1. The number of likely N-dealkylation sites (N-methyl/N-ethyl adjacent to an activating group) is 1. The molecule has 0 fully saturated rings. The first kappa shape index (κ1) is 12.3. The second-order valence-corrected chi connectivity index (χ2v) is 5.25. The number of nitrogens with zero attached hydrogens (tertiary/aromatic N) is 1. The fourth-order valence-corrected chi connectivity index (χ4v) is 2.85. The quantitative estimate of drug-likeness (QED) is 0.787. The maximum Gasteiger partial charge on any atom is 0.231 e. The minimum atomic E-state index is -0.245. The minimum Gasteiger partial charge on any atom is -0.469 e. The van der Waals surface area contributed by atoms with Crippen LogP contribution in [0.25, 0.3) is 0 Å². The van der Waals surface area contributed by atoms with E-state index in [4.69, 9.17) is 16.0 Å². The summed E-state index contributed by atoms with van der Waals surface area (Å²) in [7, 11) is 1.80. The molecule has 3 rings (SSSR count). The van der Waals surface area contributed by atoms with Gasteiger partial charge in [-0.05, 0) is 30.2 Å². The van der Waals surface area contributed by atoms with Gasteiger partial charge in [0, 0.05) is 18.3 Å². The predicted octanol–water partition coefficient (Wildman–Crippen LogP) is 3.44. The molecule has 1 atom stereocenters. The lowest BCUT2D eigenvalue weighted by Gasteiger charge is -2.13. The van der Waals surface area contributed by atoms with Crippen LogP contribution in [-0.2, 0) is 11.2 Å². The highest BCUT2D eigenvalue weighted by molar-refractivity contribution is 6.22. The Morgan fingerprint density at radius 3 is 2.84 bits per heavy atom. The molecule has 0 aliphatic carbocycles. The Bertz CT molecular complexity index is 647. The van der Waals surface area contributed by atoms with Crippen molar-refractivity contribution < 1.29 is 9.21 Å². The Hall–Kier alpha value is -1.74. The van der Waals surface area contributed by atoms with Crippen LogP contribution in [0.1, 0.15) is 27.8 Å². The summed E-state index contributed by atoms with van der Waals surface area (Å²) in [6.45, 7) is 1.90. The molecule has 1 amide bonds. The third-order valence-electron chi connectivity index (χ3n) is 3.65. The molecular weight excluding hydrogens is 262 g/mol. The monoisotopic (exact) mass is 275 g/mol. The molecule has 1 aliphatic heterocycles. The molecule has 4 heteroatoms. The first-order chi connectivity index (χ1) is 9.08. The lowest BCUT2D eigenvalue weighted by Crippen LogP contribution is -2.20. The van der Waals surface area contributed by atoms with Gasteiger partial charge in [0.2, 0.25) is 5.91 Å². The maximum atomic E-state index is 11.7. The first-order valence-electron chi connectivity index (χ1n) is 6.15. The summed E-state index contributed by atoms with van der Waals surface area (Å²) in [5.74, 6) is 0.950. The molecule has 1 aromatic carbocycles. The summed E-state index contributed by atoms with van der Waals surface area (Å²) in [6.07, 6.45) is 2.10. The summed E-state index contributed by atoms with van der Waals surface area (Å²) in [5, 5.41) is -0.245. The summed E-state index contributed by atoms with van der Waals surface area (Å²) >= 11 is 6.49. The zero-order valence-electron chi connectivity index (χ0n) is 10.8. The number of hydrogen-bond acceptors (Lipinski definition) is 2. The highest BCUT2D eigenvalue weighted by Gasteiger charge is 2.25. The number of furan rings is 1. The van der Waals surface area contributed by atoms with Crippen LogP contribution in [0.3, 0.4) is 0 Å². The highest BCUT2D eigenvalue weighted by Crippen LogP contribution is 2.36. The van der Waals surface area contributed by atoms with Crippen molar-refractivity contribution in [3.8, 4) is 0 Å². The standard InChI is InChI=1S/C15H14ClNO2/c1-9-12(5-6-19-9)15(16)10-3-4-13-11(7-10)8-14(18)17(13)2/h3-7,15H,8H2,1-2H3. The summed E-state index contributed by atoms with van der Waals surface area (Å²) in [5.41, 5.74) is 3.98. The van der Waals surface area contributed by atoms with E-state index in [2.05, 4.69) is 0 Å². The average molecular weight is 276 g/mol. The maximum absolute atomic E-state index is 11.7. The van der Waals surface area contributed by atoms with E-state index in [1.165, 1.54) is 0 Å². The number of alkyl halides is 1. The Balaban J connectivity index is 1.98. The normalized spacial score (nSPS) is 15.7. The van der Waals surface area contributed by atoms with Crippen LogP contribution in [0.2, 0.25) is 0 Å². The van der Waals surface area contributed by atoms with E-state index >= 15 is 0 Å². The molecular formula is C15H14ClNO2. The van der Waals surface area contributed by atoms with Crippen LogP contribution >= 0.6 is 11.6 Å². The van der Waals surface area contributed by atoms with Gasteiger partial charge in [0.05, 0.1) is 18.1 Å². The van der Waals surface area contributed by atoms with Crippen LogP contribution in [0.4, 0.5) is 5.69 Å². The Kier molecular flexibility index (Phi) is 2.86. The van der Waals surface area contributed by atoms with Crippen LogP contribution < -0.4 is 4.90 Å². The van der Waals surface area contributed by atoms with Crippen LogP contribution in [-0.4, -0.2) is 13.0 Å². The predicted molar refractivity (Wildman–Crippen MR) is 74.7 cm³/mol. The largest absolute Gasteiger partial charge is 0.469 e. The van der Waals surface area contributed by atoms with E-state index in [-0.39, 0.29) is 11.3 Å². The second kappa shape index (κ2) is 4.42. The molecule has 0 radical (unpaired) electrons. The average Bonchev–Trinajstić information content (AvgIpc) is 2.93. The van der Waals surface area contributed by atoms with E-state index in [0.29, 0.717) is 6.42 Å². The lowest BCUT2D eigenvalue weighted by atomic mass is 10.0. The third-order valence-corrected chi connectivity index (χ3v) is 4.13. The van der Waals surface area contributed by atoms with E-state index in [9.17, 15) is 4.79 Å². The molecule has 98 valence electrons. The number of carbonyl (C=O) groups is 1. The van der Waals surface area contributed by atoms with Crippen molar-refractivity contribution in [3.05, 3.63) is 53.0 Å². The van der Waals surface area contributed by atoms with Crippen LogP contribution in [0.5, 0.6) is 0 Å². The highest BCUT2D eigenvalue weighted by atomic mass is 35.5. The topological polar surface area (TPSA) is 33.5 Å². The van der Waals surface area contributed by atoms with Gasteiger partial charge in [0.1, 0.15) is 5.76 Å². The molecule has 3 nitrogen and oxygen atoms in total. The minimum absolute atomic E-state index is 0.123. The van der Waals surface area contributed by atoms with Gasteiger partial charge in [-0.1, -0.05) is 12.1 Å². The summed E-state index contributed by atoms with van der Waals surface area (Å²) < 4.78 is 5.29. The fraction of sp³-hybridized carbons (Fsp3) is 0.267. The van der Waals surface area contributed by atoms with Gasteiger partial charge in [-0.3, -0.25) is 4.79 Å². The van der Waals surface area contributed by atoms with Gasteiger partial charge in [0.25, 0.3) is 0 Å².